The maximum absolute atomic E-state index is 13.1. The molecule has 588 valence electrons. The average Bonchev–Trinajstić information content (AvgIpc) is 0.909. The van der Waals surface area contributed by atoms with Crippen LogP contribution in [-0.4, -0.2) is 96.7 Å². The standard InChI is InChI=1S/C83H144O17P2/c1-5-9-13-17-21-25-29-33-35-37-38-40-42-46-48-52-56-60-64-68-81(86)94-74-79(100-83(88)70-66-62-58-54-50-44-32-28-24-20-16-12-8-4)76-98-102(91,92)96-72-77(84)71-95-101(89,90)97-75-78(99-82(87)69-65-61-57-53-49-43-31-27-23-19-15-11-7-3)73-93-80(85)67-63-59-55-51-47-45-41-39-36-34-30-26-22-18-14-10-6-2/h9-10,13-14,21-22,25-28,31-36,38,40,77-79,84H,5-8,11-12,15-20,23-24,29-30,37,39,41-76H2,1-4H3,(H,89,90)(H,91,92)/b13-9-,14-10-,25-21-,26-22-,31-27-,32-28-,35-33-,36-34-,40-38-. The van der Waals surface area contributed by atoms with E-state index in [0.29, 0.717) is 25.7 Å². The zero-order valence-electron chi connectivity index (χ0n) is 64.3. The number of hydrogen-bond acceptors (Lipinski definition) is 15. The topological polar surface area (TPSA) is 237 Å². The Morgan fingerprint density at radius 1 is 0.284 bits per heavy atom. The van der Waals surface area contributed by atoms with Crippen LogP contribution in [0.1, 0.15) is 336 Å². The van der Waals surface area contributed by atoms with Gasteiger partial charge in [0, 0.05) is 25.7 Å². The van der Waals surface area contributed by atoms with Crippen molar-refractivity contribution >= 4 is 39.5 Å². The second-order valence-corrected chi connectivity index (χ2v) is 29.5. The third-order valence-corrected chi connectivity index (χ3v) is 18.6. The second-order valence-electron chi connectivity index (χ2n) is 26.6. The molecule has 0 aliphatic rings. The molecule has 0 fully saturated rings. The van der Waals surface area contributed by atoms with Gasteiger partial charge in [-0.1, -0.05) is 272 Å². The van der Waals surface area contributed by atoms with Gasteiger partial charge in [0.25, 0.3) is 0 Å². The summed E-state index contributed by atoms with van der Waals surface area (Å²) in [6, 6.07) is 0. The number of rotatable bonds is 75. The quantitative estimate of drug-likeness (QED) is 0.0169. The first kappa shape index (κ1) is 97.7. The van der Waals surface area contributed by atoms with Crippen LogP contribution in [0.4, 0.5) is 0 Å². The molecule has 5 unspecified atom stereocenters. The molecule has 0 saturated heterocycles. The van der Waals surface area contributed by atoms with E-state index in [0.717, 1.165) is 205 Å². The fourth-order valence-corrected chi connectivity index (χ4v) is 12.2. The van der Waals surface area contributed by atoms with Crippen LogP contribution in [0.25, 0.3) is 0 Å². The normalized spacial score (nSPS) is 14.5. The summed E-state index contributed by atoms with van der Waals surface area (Å²) in [5, 5.41) is 10.6. The molecule has 0 saturated carbocycles. The van der Waals surface area contributed by atoms with E-state index in [-0.39, 0.29) is 25.7 Å². The van der Waals surface area contributed by atoms with E-state index in [1.807, 2.05) is 0 Å². The predicted molar refractivity (Wildman–Crippen MR) is 418 cm³/mol. The Balaban J connectivity index is 5.34. The van der Waals surface area contributed by atoms with E-state index in [9.17, 15) is 43.2 Å². The van der Waals surface area contributed by atoms with E-state index < -0.39 is 97.5 Å². The minimum Gasteiger partial charge on any atom is -0.462 e. The van der Waals surface area contributed by atoms with Crippen LogP contribution in [0.5, 0.6) is 0 Å². The lowest BCUT2D eigenvalue weighted by molar-refractivity contribution is -0.161. The highest BCUT2D eigenvalue weighted by atomic mass is 31.2. The number of allylic oxidation sites excluding steroid dienone is 18. The van der Waals surface area contributed by atoms with Gasteiger partial charge >= 0.3 is 39.5 Å². The number of esters is 4. The van der Waals surface area contributed by atoms with Crippen molar-refractivity contribution < 1.29 is 80.2 Å². The van der Waals surface area contributed by atoms with Crippen molar-refractivity contribution in [2.45, 2.75) is 354 Å². The van der Waals surface area contributed by atoms with Gasteiger partial charge < -0.3 is 33.8 Å². The van der Waals surface area contributed by atoms with Gasteiger partial charge in [0.15, 0.2) is 12.2 Å². The Labute approximate surface area is 619 Å². The molecule has 0 amide bonds. The number of aliphatic hydroxyl groups is 1. The number of hydrogen-bond donors (Lipinski definition) is 3. The second kappa shape index (κ2) is 75.0. The first-order valence-corrected chi connectivity index (χ1v) is 43.1. The molecule has 5 atom stereocenters. The summed E-state index contributed by atoms with van der Waals surface area (Å²) in [5.41, 5.74) is 0. The van der Waals surface area contributed by atoms with Crippen molar-refractivity contribution in [3.8, 4) is 0 Å². The molecule has 0 rings (SSSR count). The first-order chi connectivity index (χ1) is 49.7. The van der Waals surface area contributed by atoms with Crippen molar-refractivity contribution in [1.82, 2.24) is 0 Å². The third kappa shape index (κ3) is 74.0. The van der Waals surface area contributed by atoms with Crippen molar-refractivity contribution in [2.75, 3.05) is 39.6 Å². The molecule has 3 N–H and O–H groups in total. The Hall–Kier alpha value is -4.28. The van der Waals surface area contributed by atoms with Crippen LogP contribution in [0.3, 0.4) is 0 Å². The molecule has 0 aliphatic heterocycles. The highest BCUT2D eigenvalue weighted by molar-refractivity contribution is 7.47. The van der Waals surface area contributed by atoms with Gasteiger partial charge in [-0.15, -0.1) is 0 Å². The zero-order chi connectivity index (χ0) is 74.6. The lowest BCUT2D eigenvalue weighted by Crippen LogP contribution is -2.30. The number of carbonyl (C=O) groups excluding carboxylic acids is 4. The lowest BCUT2D eigenvalue weighted by Gasteiger charge is -2.21. The molecule has 0 radical (unpaired) electrons. The van der Waals surface area contributed by atoms with E-state index in [1.165, 1.54) is 51.4 Å². The summed E-state index contributed by atoms with van der Waals surface area (Å²) in [6.45, 7) is 4.61. The van der Waals surface area contributed by atoms with E-state index in [2.05, 4.69) is 137 Å². The SMILES string of the molecule is CC/C=C\C/C=C\C/C=C\C/C=C\CCCCCCCCC(=O)OCC(COP(=O)(O)OCC(O)COP(=O)(O)OCC(COC(=O)CCCCCCCCC/C=C\C/C=C\C/C=C\CC)OC(=O)CCCCCCC/C=C\CCCCCC)OC(=O)CCCCCCC/C=C\CCCCCC. The molecule has 0 bridgehead atoms. The number of unbranched alkanes of at least 4 members (excludes halogenated alkanes) is 31. The van der Waals surface area contributed by atoms with Crippen LogP contribution in [0, 0.1) is 0 Å². The molecule has 0 heterocycles. The maximum Gasteiger partial charge on any atom is 0.472 e. The fraction of sp³-hybridized carbons (Fsp3) is 0.735. The molecular formula is C83H144O17P2. The van der Waals surface area contributed by atoms with Crippen LogP contribution < -0.4 is 0 Å². The van der Waals surface area contributed by atoms with Crippen molar-refractivity contribution in [2.24, 2.45) is 0 Å². The Morgan fingerprint density at radius 2 is 0.510 bits per heavy atom. The largest absolute Gasteiger partial charge is 0.472 e. The van der Waals surface area contributed by atoms with Crippen molar-refractivity contribution in [3.63, 3.8) is 0 Å². The van der Waals surface area contributed by atoms with Crippen molar-refractivity contribution in [3.05, 3.63) is 109 Å². The monoisotopic (exact) mass is 1470 g/mol. The van der Waals surface area contributed by atoms with E-state index in [4.69, 9.17) is 37.0 Å². The molecule has 0 aromatic heterocycles. The molecule has 0 aromatic rings. The molecule has 102 heavy (non-hydrogen) atoms. The van der Waals surface area contributed by atoms with Crippen LogP contribution in [-0.2, 0) is 65.4 Å². The minimum atomic E-state index is -4.98. The van der Waals surface area contributed by atoms with Gasteiger partial charge in [-0.2, -0.15) is 0 Å². The minimum absolute atomic E-state index is 0.0809. The molecule has 17 nitrogen and oxygen atoms in total. The molecule has 0 spiro atoms. The van der Waals surface area contributed by atoms with Crippen LogP contribution in [0.15, 0.2) is 109 Å². The Bertz CT molecular complexity index is 2360. The molecule has 19 heteroatoms. The number of phosphoric acid groups is 2. The summed E-state index contributed by atoms with van der Waals surface area (Å²) < 4.78 is 68.6. The van der Waals surface area contributed by atoms with Crippen molar-refractivity contribution in [1.29, 1.82) is 0 Å². The zero-order valence-corrected chi connectivity index (χ0v) is 66.0. The van der Waals surface area contributed by atoms with Gasteiger partial charge in [0.1, 0.15) is 19.3 Å². The highest BCUT2D eigenvalue weighted by Gasteiger charge is 2.30. The summed E-state index contributed by atoms with van der Waals surface area (Å²) >= 11 is 0. The van der Waals surface area contributed by atoms with Gasteiger partial charge in [0.2, 0.25) is 0 Å². The average molecular weight is 1480 g/mol. The molecule has 0 aliphatic carbocycles. The summed E-state index contributed by atoms with van der Waals surface area (Å²) in [4.78, 5) is 73.0. The molecular weight excluding hydrogens is 1330 g/mol. The Kier molecular flexibility index (Phi) is 71.8. The van der Waals surface area contributed by atoms with Gasteiger partial charge in [0.05, 0.1) is 26.4 Å². The number of phosphoric ester groups is 2. The van der Waals surface area contributed by atoms with E-state index in [1.54, 1.807) is 0 Å². The predicted octanol–water partition coefficient (Wildman–Crippen LogP) is 23.3. The Morgan fingerprint density at radius 3 is 0.794 bits per heavy atom. The van der Waals surface area contributed by atoms with Gasteiger partial charge in [-0.05, 0) is 148 Å². The number of aliphatic hydroxyl groups excluding tert-OH is 1. The number of carbonyl (C=O) groups is 4. The lowest BCUT2D eigenvalue weighted by atomic mass is 10.1. The third-order valence-electron chi connectivity index (χ3n) is 16.7. The highest BCUT2D eigenvalue weighted by Crippen LogP contribution is 2.45. The summed E-state index contributed by atoms with van der Waals surface area (Å²) in [6.07, 6.45) is 80.6. The molecule has 0 aromatic carbocycles. The summed E-state index contributed by atoms with van der Waals surface area (Å²) in [7, 11) is -9.96. The summed E-state index contributed by atoms with van der Waals surface area (Å²) in [5.74, 6) is -2.21. The number of ether oxygens (including phenoxy) is 4. The van der Waals surface area contributed by atoms with Crippen LogP contribution in [0.2, 0.25) is 0 Å². The van der Waals surface area contributed by atoms with Crippen LogP contribution >= 0.6 is 15.6 Å². The maximum atomic E-state index is 13.1. The van der Waals surface area contributed by atoms with Gasteiger partial charge in [-0.25, -0.2) is 9.13 Å². The smallest absolute Gasteiger partial charge is 0.462 e. The first-order valence-electron chi connectivity index (χ1n) is 40.1. The van der Waals surface area contributed by atoms with E-state index >= 15 is 0 Å². The fourth-order valence-electron chi connectivity index (χ4n) is 10.6. The van der Waals surface area contributed by atoms with Gasteiger partial charge in [-0.3, -0.25) is 37.3 Å².